The maximum Gasteiger partial charge on any atom is 0.178 e. The van der Waals surface area contributed by atoms with Gasteiger partial charge in [-0.1, -0.05) is 0 Å². The summed E-state index contributed by atoms with van der Waals surface area (Å²) in [5, 5.41) is 0. The van der Waals surface area contributed by atoms with Crippen molar-refractivity contribution in [3.63, 3.8) is 0 Å². The fourth-order valence-electron chi connectivity index (χ4n) is 2.79. The smallest absolute Gasteiger partial charge is 0.178 e. The largest absolute Gasteiger partial charge is 0.497 e. The Balaban J connectivity index is 1.82. The van der Waals surface area contributed by atoms with Crippen LogP contribution in [0.5, 0.6) is 5.75 Å². The number of ether oxygens (including phenoxy) is 2. The van der Waals surface area contributed by atoms with Gasteiger partial charge in [-0.15, -0.1) is 0 Å². The number of aryl methyl sites for hydroxylation is 1. The number of H-pyrrole nitrogens is 1. The predicted molar refractivity (Wildman–Crippen MR) is 81.9 cm³/mol. The molecule has 4 nitrogen and oxygen atoms in total. The molecule has 1 aromatic carbocycles. The van der Waals surface area contributed by atoms with Crippen LogP contribution in [0.15, 0.2) is 18.2 Å². The summed E-state index contributed by atoms with van der Waals surface area (Å²) in [5.41, 5.74) is 2.16. The third-order valence-electron chi connectivity index (χ3n) is 3.93. The average Bonchev–Trinajstić information content (AvgIpc) is 2.80. The minimum absolute atomic E-state index is 0.376. The normalized spacial score (nSPS) is 19.4. The fourth-order valence-corrected chi connectivity index (χ4v) is 3.09. The summed E-state index contributed by atoms with van der Waals surface area (Å²) in [4.78, 5) is 3.25. The number of benzene rings is 1. The van der Waals surface area contributed by atoms with E-state index in [9.17, 15) is 0 Å². The van der Waals surface area contributed by atoms with E-state index in [2.05, 4.69) is 9.55 Å². The molecule has 1 atom stereocenters. The Morgan fingerprint density at radius 2 is 2.35 bits per heavy atom. The first kappa shape index (κ1) is 13.6. The Morgan fingerprint density at radius 1 is 1.45 bits per heavy atom. The van der Waals surface area contributed by atoms with Gasteiger partial charge in [0.2, 0.25) is 0 Å². The summed E-state index contributed by atoms with van der Waals surface area (Å²) in [7, 11) is 1.68. The average molecular weight is 292 g/mol. The predicted octanol–water partition coefficient (Wildman–Crippen LogP) is 3.67. The minimum Gasteiger partial charge on any atom is -0.497 e. The van der Waals surface area contributed by atoms with E-state index in [-0.39, 0.29) is 0 Å². The van der Waals surface area contributed by atoms with Crippen molar-refractivity contribution in [2.24, 2.45) is 0 Å². The van der Waals surface area contributed by atoms with E-state index in [0.717, 1.165) is 41.1 Å². The number of imidazole rings is 1. The van der Waals surface area contributed by atoms with Crippen LogP contribution in [0.4, 0.5) is 0 Å². The zero-order valence-corrected chi connectivity index (χ0v) is 12.5. The minimum atomic E-state index is 0.376. The molecule has 0 saturated carbocycles. The van der Waals surface area contributed by atoms with E-state index < -0.39 is 0 Å². The van der Waals surface area contributed by atoms with Gasteiger partial charge in [0.1, 0.15) is 5.75 Å². The van der Waals surface area contributed by atoms with E-state index in [1.807, 2.05) is 18.2 Å². The lowest BCUT2D eigenvalue weighted by atomic mass is 10.1. The summed E-state index contributed by atoms with van der Waals surface area (Å²) in [6.45, 7) is 1.79. The van der Waals surface area contributed by atoms with Gasteiger partial charge in [-0.3, -0.25) is 0 Å². The fraction of sp³-hybridized carbons (Fsp3) is 0.533. The van der Waals surface area contributed by atoms with Crippen LogP contribution < -0.4 is 4.74 Å². The van der Waals surface area contributed by atoms with Crippen LogP contribution in [0.25, 0.3) is 11.0 Å². The van der Waals surface area contributed by atoms with Crippen LogP contribution in [-0.4, -0.2) is 29.4 Å². The first-order valence-corrected chi connectivity index (χ1v) is 7.57. The van der Waals surface area contributed by atoms with Crippen molar-refractivity contribution in [3.8, 4) is 5.75 Å². The summed E-state index contributed by atoms with van der Waals surface area (Å²) >= 11 is 5.43. The number of nitrogens with zero attached hydrogens (tertiary/aromatic N) is 1. The van der Waals surface area contributed by atoms with Gasteiger partial charge in [-0.05, 0) is 50.0 Å². The molecule has 1 saturated heterocycles. The van der Waals surface area contributed by atoms with Crippen molar-refractivity contribution in [1.29, 1.82) is 0 Å². The number of rotatable bonds is 4. The molecule has 108 valence electrons. The maximum atomic E-state index is 5.79. The number of aromatic nitrogens is 2. The van der Waals surface area contributed by atoms with Crippen LogP contribution in [-0.2, 0) is 11.3 Å². The first-order valence-electron chi connectivity index (χ1n) is 7.16. The number of hydrogen-bond donors (Lipinski definition) is 1. The molecule has 1 aliphatic heterocycles. The standard InChI is InChI=1S/C15H20N2O2S/c1-18-12-5-6-13-14(10-12)17(15(20)16-13)8-7-11-4-2-3-9-19-11/h5-6,10-11H,2-4,7-9H2,1H3,(H,16,20). The molecule has 1 unspecified atom stereocenters. The van der Waals surface area contributed by atoms with E-state index in [1.165, 1.54) is 19.3 Å². The monoisotopic (exact) mass is 292 g/mol. The van der Waals surface area contributed by atoms with E-state index in [1.54, 1.807) is 7.11 Å². The van der Waals surface area contributed by atoms with Crippen LogP contribution >= 0.6 is 12.2 Å². The highest BCUT2D eigenvalue weighted by Gasteiger charge is 2.14. The molecule has 1 aromatic heterocycles. The zero-order valence-electron chi connectivity index (χ0n) is 11.7. The van der Waals surface area contributed by atoms with Crippen molar-refractivity contribution < 1.29 is 9.47 Å². The molecule has 0 radical (unpaired) electrons. The maximum absolute atomic E-state index is 5.79. The molecular formula is C15H20N2O2S. The van der Waals surface area contributed by atoms with Crippen molar-refractivity contribution >= 4 is 23.3 Å². The Labute approximate surface area is 123 Å². The summed E-state index contributed by atoms with van der Waals surface area (Å²) in [5.74, 6) is 0.856. The van der Waals surface area contributed by atoms with Gasteiger partial charge in [0.25, 0.3) is 0 Å². The van der Waals surface area contributed by atoms with Gasteiger partial charge in [0.15, 0.2) is 4.77 Å². The zero-order chi connectivity index (χ0) is 13.9. The van der Waals surface area contributed by atoms with E-state index >= 15 is 0 Å². The van der Waals surface area contributed by atoms with Gasteiger partial charge >= 0.3 is 0 Å². The Hall–Kier alpha value is -1.33. The molecule has 2 heterocycles. The van der Waals surface area contributed by atoms with Crippen molar-refractivity contribution in [3.05, 3.63) is 23.0 Å². The van der Waals surface area contributed by atoms with Crippen molar-refractivity contribution in [2.45, 2.75) is 38.3 Å². The van der Waals surface area contributed by atoms with E-state index in [0.29, 0.717) is 6.10 Å². The third kappa shape index (κ3) is 2.74. The van der Waals surface area contributed by atoms with Gasteiger partial charge in [-0.2, -0.15) is 0 Å². The molecule has 0 spiro atoms. The van der Waals surface area contributed by atoms with Gasteiger partial charge in [-0.25, -0.2) is 0 Å². The number of nitrogens with one attached hydrogen (secondary N) is 1. The number of methoxy groups -OCH3 is 1. The van der Waals surface area contributed by atoms with Crippen LogP contribution in [0.3, 0.4) is 0 Å². The Bertz CT molecular complexity index is 641. The molecular weight excluding hydrogens is 272 g/mol. The molecule has 5 heteroatoms. The lowest BCUT2D eigenvalue weighted by molar-refractivity contribution is 0.00892. The SMILES string of the molecule is COc1ccc2[nH]c(=S)n(CCC3CCCCO3)c2c1. The molecule has 0 bridgehead atoms. The molecule has 3 rings (SSSR count). The first-order chi connectivity index (χ1) is 9.78. The van der Waals surface area contributed by atoms with Gasteiger partial charge < -0.3 is 19.0 Å². The quantitative estimate of drug-likeness (QED) is 0.874. The van der Waals surface area contributed by atoms with Gasteiger partial charge in [0, 0.05) is 19.2 Å². The van der Waals surface area contributed by atoms with E-state index in [4.69, 9.17) is 21.7 Å². The highest BCUT2D eigenvalue weighted by Crippen LogP contribution is 2.22. The third-order valence-corrected chi connectivity index (χ3v) is 4.25. The summed E-state index contributed by atoms with van der Waals surface area (Å²) in [6, 6.07) is 5.99. The number of aromatic amines is 1. The molecule has 1 fully saturated rings. The van der Waals surface area contributed by atoms with Crippen LogP contribution in [0.1, 0.15) is 25.7 Å². The highest BCUT2D eigenvalue weighted by molar-refractivity contribution is 7.71. The Kier molecular flexibility index (Phi) is 4.08. The highest BCUT2D eigenvalue weighted by atomic mass is 32.1. The van der Waals surface area contributed by atoms with Crippen molar-refractivity contribution in [1.82, 2.24) is 9.55 Å². The lowest BCUT2D eigenvalue weighted by Crippen LogP contribution is -2.20. The second-order valence-corrected chi connectivity index (χ2v) is 5.63. The number of fused-ring (bicyclic) bond motifs is 1. The second-order valence-electron chi connectivity index (χ2n) is 5.24. The summed E-state index contributed by atoms with van der Waals surface area (Å²) < 4.78 is 14.0. The molecule has 0 amide bonds. The van der Waals surface area contributed by atoms with Crippen LogP contribution in [0.2, 0.25) is 0 Å². The van der Waals surface area contributed by atoms with Crippen LogP contribution in [0, 0.1) is 4.77 Å². The second kappa shape index (κ2) is 5.97. The summed E-state index contributed by atoms with van der Waals surface area (Å²) in [6.07, 6.45) is 5.02. The topological polar surface area (TPSA) is 39.2 Å². The Morgan fingerprint density at radius 3 is 3.10 bits per heavy atom. The lowest BCUT2D eigenvalue weighted by Gasteiger charge is -2.22. The number of hydrogen-bond acceptors (Lipinski definition) is 3. The van der Waals surface area contributed by atoms with Gasteiger partial charge in [0.05, 0.1) is 24.2 Å². The molecule has 20 heavy (non-hydrogen) atoms. The molecule has 0 aliphatic carbocycles. The van der Waals surface area contributed by atoms with Crippen molar-refractivity contribution in [2.75, 3.05) is 13.7 Å². The molecule has 2 aromatic rings. The molecule has 1 aliphatic rings. The molecule has 1 N–H and O–H groups in total.